The molecule has 0 atom stereocenters. The van der Waals surface area contributed by atoms with Crippen molar-refractivity contribution >= 4 is 54.3 Å². The predicted octanol–water partition coefficient (Wildman–Crippen LogP) is 3.81. The van der Waals surface area contributed by atoms with Crippen molar-refractivity contribution in [1.82, 2.24) is 25.4 Å². The molecule has 0 saturated heterocycles. The molecule has 0 radical (unpaired) electrons. The third-order valence-corrected chi connectivity index (χ3v) is 5.41. The van der Waals surface area contributed by atoms with Crippen LogP contribution in [-0.4, -0.2) is 25.4 Å². The molecule has 5 rings (SSSR count). The molecule has 0 fully saturated rings. The highest BCUT2D eigenvalue weighted by Crippen LogP contribution is 2.39. The number of rotatable bonds is 1. The van der Waals surface area contributed by atoms with Crippen LogP contribution in [0.1, 0.15) is 5.69 Å². The summed E-state index contributed by atoms with van der Waals surface area (Å²) in [7, 11) is 0. The molecule has 0 aliphatic heterocycles. The van der Waals surface area contributed by atoms with Gasteiger partial charge in [-0.25, -0.2) is 4.39 Å². The molecular formula is C19H12BrFN6O. The summed E-state index contributed by atoms with van der Waals surface area (Å²) in [6, 6.07) is 6.61. The number of aromatic amines is 2. The number of nitrogen functional groups attached to an aromatic ring is 1. The van der Waals surface area contributed by atoms with Crippen LogP contribution in [0.2, 0.25) is 0 Å². The number of nitrogens with two attached hydrogens (primary N) is 1. The maximum atomic E-state index is 14.1. The van der Waals surface area contributed by atoms with Crippen LogP contribution in [0.3, 0.4) is 0 Å². The number of halogens is 2. The zero-order chi connectivity index (χ0) is 19.6. The van der Waals surface area contributed by atoms with Crippen molar-refractivity contribution in [2.45, 2.75) is 6.92 Å². The maximum absolute atomic E-state index is 14.1. The Bertz CT molecular complexity index is 1490. The average molecular weight is 439 g/mol. The van der Waals surface area contributed by atoms with E-state index in [9.17, 15) is 9.18 Å². The zero-order valence-corrected chi connectivity index (χ0v) is 16.1. The number of nitrogens with zero attached hydrogens (tertiary/aromatic N) is 3. The van der Waals surface area contributed by atoms with E-state index in [2.05, 4.69) is 41.3 Å². The van der Waals surface area contributed by atoms with Crippen LogP contribution >= 0.6 is 15.9 Å². The number of H-pyrrole nitrogens is 2. The second kappa shape index (κ2) is 5.83. The molecule has 3 heterocycles. The molecule has 0 amide bonds. The summed E-state index contributed by atoms with van der Waals surface area (Å²) >= 11 is 3.53. The van der Waals surface area contributed by atoms with Crippen LogP contribution in [0.15, 0.2) is 39.7 Å². The topological polar surface area (TPSA) is 113 Å². The standard InChI is InChI=1S/C19H12BrFN6O/c1-7-4-10-16-9(5-12(20)17(10)27-25-7)14(15(22)19(28)24-16)8-2-3-13(21)18-11(8)6-23-26-18/h2-6H,22H2,1H3,(H,23,26)(H,24,28). The molecule has 0 aliphatic carbocycles. The average Bonchev–Trinajstić information content (AvgIpc) is 3.16. The number of benzene rings is 2. The summed E-state index contributed by atoms with van der Waals surface area (Å²) in [4.78, 5) is 15.5. The third-order valence-electron chi connectivity index (χ3n) is 4.81. The third kappa shape index (κ3) is 2.26. The van der Waals surface area contributed by atoms with Gasteiger partial charge < -0.3 is 10.7 Å². The first-order valence-electron chi connectivity index (χ1n) is 8.35. The number of aromatic nitrogens is 5. The van der Waals surface area contributed by atoms with Gasteiger partial charge in [-0.05, 0) is 46.6 Å². The van der Waals surface area contributed by atoms with Crippen LogP contribution in [-0.2, 0) is 0 Å². The normalized spacial score (nSPS) is 11.7. The van der Waals surface area contributed by atoms with Gasteiger partial charge in [0.1, 0.15) is 22.5 Å². The minimum absolute atomic E-state index is 0.0478. The van der Waals surface area contributed by atoms with E-state index in [0.29, 0.717) is 43.1 Å². The highest BCUT2D eigenvalue weighted by molar-refractivity contribution is 9.10. The largest absolute Gasteiger partial charge is 0.394 e. The first kappa shape index (κ1) is 16.8. The fraction of sp³-hybridized carbons (Fsp3) is 0.0526. The van der Waals surface area contributed by atoms with E-state index in [4.69, 9.17) is 5.73 Å². The van der Waals surface area contributed by atoms with E-state index in [1.165, 1.54) is 12.3 Å². The second-order valence-corrected chi connectivity index (χ2v) is 7.38. The van der Waals surface area contributed by atoms with Crippen LogP contribution in [0, 0.1) is 12.7 Å². The van der Waals surface area contributed by atoms with E-state index in [-0.39, 0.29) is 11.2 Å². The van der Waals surface area contributed by atoms with Crippen molar-refractivity contribution in [2.24, 2.45) is 0 Å². The smallest absolute Gasteiger partial charge is 0.272 e. The maximum Gasteiger partial charge on any atom is 0.272 e. The van der Waals surface area contributed by atoms with Crippen LogP contribution in [0.5, 0.6) is 0 Å². The van der Waals surface area contributed by atoms with Crippen molar-refractivity contribution in [3.05, 3.63) is 56.8 Å². The van der Waals surface area contributed by atoms with Gasteiger partial charge in [-0.1, -0.05) is 6.07 Å². The quantitative estimate of drug-likeness (QED) is 0.344. The first-order valence-corrected chi connectivity index (χ1v) is 9.15. The lowest BCUT2D eigenvalue weighted by Gasteiger charge is -2.13. The second-order valence-electron chi connectivity index (χ2n) is 6.53. The van der Waals surface area contributed by atoms with Crippen LogP contribution < -0.4 is 11.3 Å². The number of fused-ring (bicyclic) bond motifs is 4. The molecular weight excluding hydrogens is 427 g/mol. The van der Waals surface area contributed by atoms with Gasteiger partial charge in [0.25, 0.3) is 5.56 Å². The number of hydrogen-bond donors (Lipinski definition) is 3. The van der Waals surface area contributed by atoms with E-state index in [0.717, 1.165) is 5.39 Å². The zero-order valence-electron chi connectivity index (χ0n) is 14.5. The molecule has 0 saturated carbocycles. The van der Waals surface area contributed by atoms with E-state index >= 15 is 0 Å². The summed E-state index contributed by atoms with van der Waals surface area (Å²) in [6.07, 6.45) is 1.52. The van der Waals surface area contributed by atoms with Crippen molar-refractivity contribution < 1.29 is 4.39 Å². The molecule has 7 nitrogen and oxygen atoms in total. The van der Waals surface area contributed by atoms with Gasteiger partial charge in [0.2, 0.25) is 0 Å². The predicted molar refractivity (Wildman–Crippen MR) is 110 cm³/mol. The van der Waals surface area contributed by atoms with Crippen LogP contribution in [0.4, 0.5) is 10.1 Å². The molecule has 0 spiro atoms. The molecule has 4 N–H and O–H groups in total. The van der Waals surface area contributed by atoms with Gasteiger partial charge in [-0.15, -0.1) is 5.10 Å². The van der Waals surface area contributed by atoms with Gasteiger partial charge in [-0.3, -0.25) is 9.89 Å². The lowest BCUT2D eigenvalue weighted by Crippen LogP contribution is -2.14. The van der Waals surface area contributed by atoms with E-state index in [1.54, 1.807) is 6.07 Å². The SMILES string of the molecule is Cc1cc2c(nn1)c(Br)cc1c(-c3ccc(F)c4[nH]ncc34)c(N)c(=O)[nH]c12. The first-order chi connectivity index (χ1) is 13.5. The molecule has 0 unspecified atom stereocenters. The molecule has 0 aliphatic rings. The Hall–Kier alpha value is -3.33. The molecule has 3 aromatic heterocycles. The van der Waals surface area contributed by atoms with Crippen molar-refractivity contribution in [3.63, 3.8) is 0 Å². The van der Waals surface area contributed by atoms with Gasteiger partial charge in [0, 0.05) is 26.2 Å². The highest BCUT2D eigenvalue weighted by atomic mass is 79.9. The van der Waals surface area contributed by atoms with Gasteiger partial charge >= 0.3 is 0 Å². The fourth-order valence-corrected chi connectivity index (χ4v) is 4.07. The van der Waals surface area contributed by atoms with Crippen molar-refractivity contribution in [3.8, 4) is 11.1 Å². The summed E-state index contributed by atoms with van der Waals surface area (Å²) < 4.78 is 14.8. The lowest BCUT2D eigenvalue weighted by molar-refractivity contribution is 0.636. The summed E-state index contributed by atoms with van der Waals surface area (Å²) in [5.74, 6) is -0.429. The Kier molecular flexibility index (Phi) is 3.50. The Labute approximate surface area is 164 Å². The minimum Gasteiger partial charge on any atom is -0.394 e. The Morgan fingerprint density at radius 1 is 1.11 bits per heavy atom. The summed E-state index contributed by atoms with van der Waals surface area (Å²) in [6.45, 7) is 1.82. The molecule has 0 bridgehead atoms. The lowest BCUT2D eigenvalue weighted by atomic mass is 9.95. The van der Waals surface area contributed by atoms with Crippen molar-refractivity contribution in [2.75, 3.05) is 5.73 Å². The highest BCUT2D eigenvalue weighted by Gasteiger charge is 2.19. The van der Waals surface area contributed by atoms with Crippen molar-refractivity contribution in [1.29, 1.82) is 0 Å². The van der Waals surface area contributed by atoms with Gasteiger partial charge in [-0.2, -0.15) is 10.2 Å². The van der Waals surface area contributed by atoms with Gasteiger partial charge in [0.05, 0.1) is 17.4 Å². The van der Waals surface area contributed by atoms with Crippen LogP contribution in [0.25, 0.3) is 43.8 Å². The molecule has 5 aromatic rings. The number of nitrogens with one attached hydrogen (secondary N) is 2. The minimum atomic E-state index is -0.429. The Balaban J connectivity index is 2.03. The molecule has 28 heavy (non-hydrogen) atoms. The number of anilines is 1. The molecule has 138 valence electrons. The molecule has 2 aromatic carbocycles. The van der Waals surface area contributed by atoms with E-state index in [1.807, 2.05) is 19.1 Å². The Morgan fingerprint density at radius 3 is 2.75 bits per heavy atom. The Morgan fingerprint density at radius 2 is 1.93 bits per heavy atom. The monoisotopic (exact) mass is 438 g/mol. The summed E-state index contributed by atoms with van der Waals surface area (Å²) in [5, 5.41) is 16.9. The van der Waals surface area contributed by atoms with E-state index < -0.39 is 11.4 Å². The number of hydrogen-bond acceptors (Lipinski definition) is 5. The number of aryl methyl sites for hydroxylation is 1. The molecule has 9 heteroatoms. The fourth-order valence-electron chi connectivity index (χ4n) is 3.55. The van der Waals surface area contributed by atoms with Gasteiger partial charge in [0.15, 0.2) is 0 Å². The number of pyridine rings is 1. The summed E-state index contributed by atoms with van der Waals surface area (Å²) in [5.41, 5.74) is 9.12.